The van der Waals surface area contributed by atoms with E-state index in [1.807, 2.05) is 0 Å². The van der Waals surface area contributed by atoms with E-state index in [1.165, 1.54) is 256 Å². The first-order valence-corrected chi connectivity index (χ1v) is 25.1. The number of aromatic nitrogens is 3. The molecule has 1 unspecified atom stereocenters. The SMILES string of the molecule is C=C(N)CCCCCCCCCCCN(CCCCCCCCCCCC)CCCCCCCCCCCn1cc(CCC[C@@H]2CCCC(CCC)C2)nn1. The predicted octanol–water partition coefficient (Wildman–Crippen LogP) is 15.3. The molecule has 0 aromatic carbocycles. The molecule has 2 N–H and O–H groups in total. The standard InChI is InChI=1S/C50H97N5/c1-4-6-7-8-9-10-14-19-24-29-41-54(42-30-25-20-15-11-13-18-23-28-36-47(3)51)43-31-26-21-16-12-17-22-27-32-44-55-46-50(52-53-55)40-34-39-49-38-33-37-48(45-49)35-5-2/h46,48-49H,3-45,51H2,1-2H3/t48?,49-/m0/s1. The minimum Gasteiger partial charge on any atom is -0.403 e. The summed E-state index contributed by atoms with van der Waals surface area (Å²) in [5.74, 6) is 1.97. The van der Waals surface area contributed by atoms with Crippen LogP contribution in [0.25, 0.3) is 0 Å². The number of allylic oxidation sites excluding steroid dienone is 1. The molecule has 0 spiro atoms. The first-order valence-electron chi connectivity index (χ1n) is 25.1. The Kier molecular flexibility index (Phi) is 33.4. The molecule has 1 aromatic rings. The number of rotatable bonds is 41. The average molecular weight is 768 g/mol. The van der Waals surface area contributed by atoms with Crippen molar-refractivity contribution in [1.82, 2.24) is 19.9 Å². The van der Waals surface area contributed by atoms with Crippen molar-refractivity contribution in [2.45, 2.75) is 264 Å². The molecule has 0 saturated heterocycles. The van der Waals surface area contributed by atoms with Crippen molar-refractivity contribution in [1.29, 1.82) is 0 Å². The molecule has 55 heavy (non-hydrogen) atoms. The summed E-state index contributed by atoms with van der Waals surface area (Å²) in [6, 6.07) is 0. The number of hydrogen-bond donors (Lipinski definition) is 1. The molecular weight excluding hydrogens is 671 g/mol. The van der Waals surface area contributed by atoms with Crippen LogP contribution in [-0.2, 0) is 13.0 Å². The number of nitrogens with two attached hydrogens (primary N) is 1. The van der Waals surface area contributed by atoms with Gasteiger partial charge in [-0.2, -0.15) is 0 Å². The van der Waals surface area contributed by atoms with Crippen LogP contribution in [0.5, 0.6) is 0 Å². The molecule has 1 aliphatic rings. The number of unbranched alkanes of at least 4 members (excludes halogenated alkanes) is 25. The van der Waals surface area contributed by atoms with Crippen molar-refractivity contribution in [2.24, 2.45) is 17.6 Å². The molecule has 1 aromatic heterocycles. The second kappa shape index (κ2) is 36.9. The minimum absolute atomic E-state index is 0.850. The molecule has 0 radical (unpaired) electrons. The van der Waals surface area contributed by atoms with Gasteiger partial charge in [0.2, 0.25) is 0 Å². The van der Waals surface area contributed by atoms with Gasteiger partial charge >= 0.3 is 0 Å². The molecule has 0 bridgehead atoms. The van der Waals surface area contributed by atoms with Gasteiger partial charge in [-0.1, -0.05) is 212 Å². The molecule has 322 valence electrons. The van der Waals surface area contributed by atoms with Crippen LogP contribution in [0.2, 0.25) is 0 Å². The Balaban J connectivity index is 1.47. The highest BCUT2D eigenvalue weighted by Gasteiger charge is 2.21. The molecular formula is C50H97N5. The van der Waals surface area contributed by atoms with Crippen LogP contribution >= 0.6 is 0 Å². The van der Waals surface area contributed by atoms with Crippen LogP contribution in [0.15, 0.2) is 18.5 Å². The van der Waals surface area contributed by atoms with Crippen LogP contribution in [0.1, 0.15) is 257 Å². The smallest absolute Gasteiger partial charge is 0.0827 e. The molecule has 0 aliphatic heterocycles. The molecule has 5 nitrogen and oxygen atoms in total. The molecule has 2 rings (SSSR count). The lowest BCUT2D eigenvalue weighted by Gasteiger charge is -2.28. The van der Waals surface area contributed by atoms with E-state index in [1.54, 1.807) is 0 Å². The Morgan fingerprint density at radius 1 is 0.600 bits per heavy atom. The van der Waals surface area contributed by atoms with E-state index in [0.29, 0.717) is 0 Å². The summed E-state index contributed by atoms with van der Waals surface area (Å²) in [6.45, 7) is 13.5. The highest BCUT2D eigenvalue weighted by molar-refractivity contribution is 4.92. The summed E-state index contributed by atoms with van der Waals surface area (Å²) in [5.41, 5.74) is 7.76. The second-order valence-corrected chi connectivity index (χ2v) is 18.3. The molecule has 5 heteroatoms. The van der Waals surface area contributed by atoms with Crippen LogP contribution in [-0.4, -0.2) is 39.5 Å². The molecule has 1 fully saturated rings. The van der Waals surface area contributed by atoms with Crippen LogP contribution in [0.4, 0.5) is 0 Å². The zero-order valence-corrected chi connectivity index (χ0v) is 37.5. The maximum Gasteiger partial charge on any atom is 0.0827 e. The van der Waals surface area contributed by atoms with Crippen molar-refractivity contribution in [3.8, 4) is 0 Å². The summed E-state index contributed by atoms with van der Waals surface area (Å²) < 4.78 is 2.11. The zero-order chi connectivity index (χ0) is 39.3. The Bertz CT molecular complexity index is 956. The van der Waals surface area contributed by atoms with Gasteiger partial charge in [0, 0.05) is 18.4 Å². The zero-order valence-electron chi connectivity index (χ0n) is 37.5. The Hall–Kier alpha value is -1.36. The third-order valence-corrected chi connectivity index (χ3v) is 12.9. The fraction of sp³-hybridized carbons (Fsp3) is 0.920. The van der Waals surface area contributed by atoms with E-state index in [-0.39, 0.29) is 0 Å². The summed E-state index contributed by atoms with van der Waals surface area (Å²) in [5, 5.41) is 8.95. The van der Waals surface area contributed by atoms with Crippen LogP contribution in [0, 0.1) is 11.8 Å². The Labute approximate surface area is 344 Å². The normalized spacial score (nSPS) is 16.1. The highest BCUT2D eigenvalue weighted by atomic mass is 15.4. The highest BCUT2D eigenvalue weighted by Crippen LogP contribution is 2.34. The van der Waals surface area contributed by atoms with E-state index >= 15 is 0 Å². The third-order valence-electron chi connectivity index (χ3n) is 12.9. The molecule has 1 heterocycles. The number of hydrogen-bond acceptors (Lipinski definition) is 4. The fourth-order valence-corrected chi connectivity index (χ4v) is 9.40. The lowest BCUT2D eigenvalue weighted by Crippen LogP contribution is -2.27. The minimum atomic E-state index is 0.850. The van der Waals surface area contributed by atoms with Crippen molar-refractivity contribution in [2.75, 3.05) is 19.6 Å². The van der Waals surface area contributed by atoms with Gasteiger partial charge in [-0.15, -0.1) is 5.10 Å². The van der Waals surface area contributed by atoms with E-state index < -0.39 is 0 Å². The predicted molar refractivity (Wildman–Crippen MR) is 243 cm³/mol. The number of nitrogens with zero attached hydrogens (tertiary/aromatic N) is 4. The van der Waals surface area contributed by atoms with Crippen molar-refractivity contribution < 1.29 is 0 Å². The number of aryl methyl sites for hydroxylation is 2. The first kappa shape index (κ1) is 49.8. The van der Waals surface area contributed by atoms with Gasteiger partial charge in [-0.05, 0) is 89.3 Å². The van der Waals surface area contributed by atoms with E-state index in [2.05, 4.69) is 46.5 Å². The maximum absolute atomic E-state index is 5.70. The van der Waals surface area contributed by atoms with Crippen molar-refractivity contribution >= 4 is 0 Å². The largest absolute Gasteiger partial charge is 0.403 e. The summed E-state index contributed by atoms with van der Waals surface area (Å²) in [6.07, 6.45) is 54.9. The van der Waals surface area contributed by atoms with Gasteiger partial charge in [0.05, 0.1) is 5.69 Å². The second-order valence-electron chi connectivity index (χ2n) is 18.3. The van der Waals surface area contributed by atoms with Gasteiger partial charge in [-0.3, -0.25) is 4.68 Å². The lowest BCUT2D eigenvalue weighted by atomic mass is 9.77. The topological polar surface area (TPSA) is 60.0 Å². The van der Waals surface area contributed by atoms with E-state index in [9.17, 15) is 0 Å². The molecule has 1 saturated carbocycles. The van der Waals surface area contributed by atoms with Crippen molar-refractivity contribution in [3.05, 3.63) is 24.2 Å². The van der Waals surface area contributed by atoms with Gasteiger partial charge in [0.15, 0.2) is 0 Å². The van der Waals surface area contributed by atoms with E-state index in [0.717, 1.165) is 36.9 Å². The first-order chi connectivity index (χ1) is 27.1. The van der Waals surface area contributed by atoms with Gasteiger partial charge in [-0.25, -0.2) is 0 Å². The molecule has 2 atom stereocenters. The van der Waals surface area contributed by atoms with Gasteiger partial charge in [0.25, 0.3) is 0 Å². The fourth-order valence-electron chi connectivity index (χ4n) is 9.40. The summed E-state index contributed by atoms with van der Waals surface area (Å²) in [7, 11) is 0. The van der Waals surface area contributed by atoms with Crippen molar-refractivity contribution in [3.63, 3.8) is 0 Å². The van der Waals surface area contributed by atoms with Gasteiger partial charge in [0.1, 0.15) is 0 Å². The molecule has 0 amide bonds. The summed E-state index contributed by atoms with van der Waals surface area (Å²) in [4.78, 5) is 2.84. The molecule has 1 aliphatic carbocycles. The van der Waals surface area contributed by atoms with E-state index in [4.69, 9.17) is 5.73 Å². The summed E-state index contributed by atoms with van der Waals surface area (Å²) >= 11 is 0. The lowest BCUT2D eigenvalue weighted by molar-refractivity contribution is 0.240. The Morgan fingerprint density at radius 2 is 1.05 bits per heavy atom. The van der Waals surface area contributed by atoms with Crippen LogP contribution < -0.4 is 5.73 Å². The average Bonchev–Trinajstić information content (AvgIpc) is 3.63. The maximum atomic E-state index is 5.70. The third kappa shape index (κ3) is 30.4. The monoisotopic (exact) mass is 768 g/mol. The van der Waals surface area contributed by atoms with Crippen LogP contribution in [0.3, 0.4) is 0 Å². The van der Waals surface area contributed by atoms with Gasteiger partial charge < -0.3 is 10.6 Å². The quantitative estimate of drug-likeness (QED) is 0.0674. The Morgan fingerprint density at radius 3 is 1.55 bits per heavy atom.